The van der Waals surface area contributed by atoms with Crippen molar-refractivity contribution in [2.75, 3.05) is 0 Å². The molecule has 7 aliphatic rings. The minimum atomic E-state index is 0.110. The van der Waals surface area contributed by atoms with Crippen LogP contribution in [0.4, 0.5) is 0 Å². The average Bonchev–Trinajstić information content (AvgIpc) is 2.76. The number of hydrogen-bond acceptors (Lipinski definition) is 2. The second-order valence-electron chi connectivity index (χ2n) is 11.1. The monoisotopic (exact) mass is 386 g/mol. The van der Waals surface area contributed by atoms with Crippen LogP contribution in [-0.4, -0.2) is 22.9 Å². The molecule has 2 amide bonds. The Hall–Kier alpha value is -1.06. The standard InChI is InChI=1S/C24H38N2O2/c27-21(25-23-11-5-17(6-12-23)7-13-23)19-1-2-20(4-3-19)22(28)26-24-14-8-18(9-15-24)10-16-24/h17-20H,1-16H2,(H,25,27)(H,26,28). The van der Waals surface area contributed by atoms with Crippen molar-refractivity contribution in [2.24, 2.45) is 23.7 Å². The second-order valence-corrected chi connectivity index (χ2v) is 11.1. The highest BCUT2D eigenvalue weighted by atomic mass is 16.2. The SMILES string of the molecule is O=C(NC12CCC(CC1)CC2)C1CCC(C(=O)NC23CCC(CC2)CC3)CC1. The highest BCUT2D eigenvalue weighted by Gasteiger charge is 2.44. The predicted octanol–water partition coefficient (Wildman–Crippen LogP) is 4.47. The Balaban J connectivity index is 1.11. The van der Waals surface area contributed by atoms with E-state index in [1.165, 1.54) is 77.0 Å². The van der Waals surface area contributed by atoms with Crippen molar-refractivity contribution in [3.8, 4) is 0 Å². The van der Waals surface area contributed by atoms with E-state index in [0.29, 0.717) is 0 Å². The van der Waals surface area contributed by atoms with Gasteiger partial charge in [0.1, 0.15) is 0 Å². The zero-order valence-electron chi connectivity index (χ0n) is 17.4. The molecule has 7 saturated carbocycles. The van der Waals surface area contributed by atoms with Crippen LogP contribution in [0.2, 0.25) is 0 Å². The summed E-state index contributed by atoms with van der Waals surface area (Å²) in [7, 11) is 0. The van der Waals surface area contributed by atoms with Gasteiger partial charge in [-0.05, 0) is 115 Å². The molecule has 0 heterocycles. The van der Waals surface area contributed by atoms with Crippen LogP contribution in [0, 0.1) is 23.7 Å². The van der Waals surface area contributed by atoms with E-state index in [0.717, 1.165) is 37.5 Å². The number of hydrogen-bond donors (Lipinski definition) is 2. The van der Waals surface area contributed by atoms with Gasteiger partial charge in [0.05, 0.1) is 0 Å². The van der Waals surface area contributed by atoms with Crippen molar-refractivity contribution < 1.29 is 9.59 Å². The van der Waals surface area contributed by atoms with Gasteiger partial charge in [-0.15, -0.1) is 0 Å². The molecule has 7 fully saturated rings. The van der Waals surface area contributed by atoms with E-state index in [1.807, 2.05) is 0 Å². The van der Waals surface area contributed by atoms with Crippen LogP contribution in [0.15, 0.2) is 0 Å². The molecule has 0 aromatic heterocycles. The third-order valence-corrected chi connectivity index (χ3v) is 9.43. The molecule has 0 radical (unpaired) electrons. The number of fused-ring (bicyclic) bond motifs is 6. The lowest BCUT2D eigenvalue weighted by Gasteiger charge is -2.48. The number of rotatable bonds is 4. The number of carbonyl (C=O) groups is 2. The molecule has 0 saturated heterocycles. The van der Waals surface area contributed by atoms with Gasteiger partial charge in [0.2, 0.25) is 11.8 Å². The Morgan fingerprint density at radius 2 is 0.786 bits per heavy atom. The third-order valence-electron chi connectivity index (χ3n) is 9.43. The van der Waals surface area contributed by atoms with Crippen molar-refractivity contribution in [2.45, 2.75) is 114 Å². The lowest BCUT2D eigenvalue weighted by Crippen LogP contribution is -2.56. The third kappa shape index (κ3) is 3.61. The minimum Gasteiger partial charge on any atom is -0.350 e. The summed E-state index contributed by atoms with van der Waals surface area (Å²) in [5.41, 5.74) is 0.220. The van der Waals surface area contributed by atoms with Crippen LogP contribution in [0.25, 0.3) is 0 Å². The van der Waals surface area contributed by atoms with Crippen molar-refractivity contribution in [1.82, 2.24) is 10.6 Å². The Bertz CT molecular complexity index is 525. The molecular weight excluding hydrogens is 348 g/mol. The Morgan fingerprint density at radius 1 is 0.500 bits per heavy atom. The van der Waals surface area contributed by atoms with Crippen LogP contribution in [0.3, 0.4) is 0 Å². The molecule has 7 aliphatic carbocycles. The first kappa shape index (κ1) is 18.9. The van der Waals surface area contributed by atoms with E-state index in [4.69, 9.17) is 0 Å². The van der Waals surface area contributed by atoms with E-state index < -0.39 is 0 Å². The zero-order chi connectivity index (χ0) is 19.2. The summed E-state index contributed by atoms with van der Waals surface area (Å²) in [5, 5.41) is 6.96. The summed E-state index contributed by atoms with van der Waals surface area (Å²) < 4.78 is 0. The van der Waals surface area contributed by atoms with Gasteiger partial charge in [-0.2, -0.15) is 0 Å². The fourth-order valence-electron chi connectivity index (χ4n) is 7.22. The molecule has 2 N–H and O–H groups in total. The minimum absolute atomic E-state index is 0.110. The fourth-order valence-corrected chi connectivity index (χ4v) is 7.22. The highest BCUT2D eigenvalue weighted by Crippen LogP contribution is 2.45. The molecule has 0 aromatic rings. The van der Waals surface area contributed by atoms with Crippen LogP contribution >= 0.6 is 0 Å². The van der Waals surface area contributed by atoms with E-state index in [9.17, 15) is 9.59 Å². The normalized spacial score (nSPS) is 44.9. The van der Waals surface area contributed by atoms with Gasteiger partial charge in [0.25, 0.3) is 0 Å². The molecular formula is C24H38N2O2. The summed E-state index contributed by atoms with van der Waals surface area (Å²) in [4.78, 5) is 25.9. The van der Waals surface area contributed by atoms with Gasteiger partial charge in [-0.25, -0.2) is 0 Å². The number of nitrogens with one attached hydrogen (secondary N) is 2. The first-order valence-corrected chi connectivity index (χ1v) is 12.2. The molecule has 7 rings (SSSR count). The van der Waals surface area contributed by atoms with E-state index in [-0.39, 0.29) is 34.7 Å². The van der Waals surface area contributed by atoms with Crippen LogP contribution in [0.5, 0.6) is 0 Å². The first-order chi connectivity index (χ1) is 13.5. The zero-order valence-corrected chi connectivity index (χ0v) is 17.4. The molecule has 4 heteroatoms. The summed E-state index contributed by atoms with van der Waals surface area (Å²) in [6, 6.07) is 0. The molecule has 28 heavy (non-hydrogen) atoms. The quantitative estimate of drug-likeness (QED) is 0.749. The Morgan fingerprint density at radius 3 is 1.07 bits per heavy atom. The van der Waals surface area contributed by atoms with Crippen molar-refractivity contribution >= 4 is 11.8 Å². The topological polar surface area (TPSA) is 58.2 Å². The maximum atomic E-state index is 12.9. The van der Waals surface area contributed by atoms with Gasteiger partial charge in [0, 0.05) is 22.9 Å². The van der Waals surface area contributed by atoms with Gasteiger partial charge in [-0.3, -0.25) is 9.59 Å². The predicted molar refractivity (Wildman–Crippen MR) is 110 cm³/mol. The lowest BCUT2D eigenvalue weighted by molar-refractivity contribution is -0.134. The highest BCUT2D eigenvalue weighted by molar-refractivity contribution is 5.82. The van der Waals surface area contributed by atoms with Gasteiger partial charge in [-0.1, -0.05) is 0 Å². The molecule has 4 nitrogen and oxygen atoms in total. The Labute approximate surface area is 170 Å². The van der Waals surface area contributed by atoms with E-state index in [1.54, 1.807) is 0 Å². The van der Waals surface area contributed by atoms with Gasteiger partial charge >= 0.3 is 0 Å². The molecule has 0 unspecified atom stereocenters. The molecule has 0 aromatic carbocycles. The summed E-state index contributed by atoms with van der Waals surface area (Å²) in [6.07, 6.45) is 18.5. The smallest absolute Gasteiger partial charge is 0.223 e. The van der Waals surface area contributed by atoms with Crippen molar-refractivity contribution in [3.63, 3.8) is 0 Å². The summed E-state index contributed by atoms with van der Waals surface area (Å²) in [6.45, 7) is 0. The number of carbonyl (C=O) groups excluding carboxylic acids is 2. The van der Waals surface area contributed by atoms with Crippen LogP contribution in [-0.2, 0) is 9.59 Å². The van der Waals surface area contributed by atoms with Gasteiger partial charge in [0.15, 0.2) is 0 Å². The maximum Gasteiger partial charge on any atom is 0.223 e. The number of amides is 2. The molecule has 0 spiro atoms. The first-order valence-electron chi connectivity index (χ1n) is 12.2. The molecule has 156 valence electrons. The summed E-state index contributed by atoms with van der Waals surface area (Å²) in [5.74, 6) is 2.66. The van der Waals surface area contributed by atoms with Crippen molar-refractivity contribution in [1.29, 1.82) is 0 Å². The second kappa shape index (κ2) is 7.32. The summed E-state index contributed by atoms with van der Waals surface area (Å²) >= 11 is 0. The molecule has 4 bridgehead atoms. The fraction of sp³-hybridized carbons (Fsp3) is 0.917. The van der Waals surface area contributed by atoms with Gasteiger partial charge < -0.3 is 10.6 Å². The van der Waals surface area contributed by atoms with Crippen molar-refractivity contribution in [3.05, 3.63) is 0 Å². The van der Waals surface area contributed by atoms with E-state index in [2.05, 4.69) is 10.6 Å². The largest absolute Gasteiger partial charge is 0.350 e. The molecule has 0 atom stereocenters. The average molecular weight is 387 g/mol. The van der Waals surface area contributed by atoms with Crippen LogP contribution in [0.1, 0.15) is 103 Å². The lowest BCUT2D eigenvalue weighted by atomic mass is 9.65. The Kier molecular flexibility index (Phi) is 4.95. The van der Waals surface area contributed by atoms with Crippen LogP contribution < -0.4 is 10.6 Å². The van der Waals surface area contributed by atoms with E-state index >= 15 is 0 Å². The molecule has 0 aliphatic heterocycles. The maximum absolute atomic E-state index is 12.9.